The fourth-order valence-electron chi connectivity index (χ4n) is 10.9. The monoisotopic (exact) mass is 504 g/mol. The molecule has 0 bridgehead atoms. The van der Waals surface area contributed by atoms with Crippen LogP contribution in [-0.2, 0) is 4.74 Å². The van der Waals surface area contributed by atoms with Crippen molar-refractivity contribution in [3.63, 3.8) is 0 Å². The van der Waals surface area contributed by atoms with Crippen molar-refractivity contribution in [2.75, 3.05) is 0 Å². The molecule has 4 N–H and O–H groups in total. The van der Waals surface area contributed by atoms with Gasteiger partial charge in [-0.1, -0.05) is 48.5 Å². The van der Waals surface area contributed by atoms with Gasteiger partial charge >= 0.3 is 0 Å². The number of hydrogen-bond acceptors (Lipinski definition) is 5. The predicted molar refractivity (Wildman–Crippen MR) is 141 cm³/mol. The van der Waals surface area contributed by atoms with Crippen molar-refractivity contribution in [3.05, 3.63) is 11.3 Å². The first kappa shape index (κ1) is 27.0. The summed E-state index contributed by atoms with van der Waals surface area (Å²) < 4.78 is 6.48. The molecule has 206 valence electrons. The van der Waals surface area contributed by atoms with Gasteiger partial charge in [-0.05, 0) is 98.4 Å². The molecule has 11 atom stereocenters. The maximum Gasteiger partial charge on any atom is 0.128 e. The molecule has 0 aromatic rings. The third-order valence-corrected chi connectivity index (χ3v) is 13.4. The second-order valence-electron chi connectivity index (χ2n) is 15.6. The van der Waals surface area contributed by atoms with E-state index in [0.717, 1.165) is 38.5 Å². The Morgan fingerprint density at radius 2 is 1.47 bits per heavy atom. The van der Waals surface area contributed by atoms with Crippen LogP contribution in [0.3, 0.4) is 0 Å². The van der Waals surface area contributed by atoms with Crippen molar-refractivity contribution in [2.45, 2.75) is 137 Å². The fourth-order valence-corrected chi connectivity index (χ4v) is 10.9. The third-order valence-electron chi connectivity index (χ3n) is 13.4. The molecule has 0 amide bonds. The first-order valence-corrected chi connectivity index (χ1v) is 14.5. The highest BCUT2D eigenvalue weighted by atomic mass is 16.5. The Kier molecular flexibility index (Phi) is 5.79. The van der Waals surface area contributed by atoms with Gasteiger partial charge in [0.05, 0.1) is 11.7 Å². The van der Waals surface area contributed by atoms with Gasteiger partial charge in [0.15, 0.2) is 0 Å². The van der Waals surface area contributed by atoms with Gasteiger partial charge < -0.3 is 25.2 Å². The summed E-state index contributed by atoms with van der Waals surface area (Å²) in [7, 11) is 0. The van der Waals surface area contributed by atoms with E-state index in [0.29, 0.717) is 24.0 Å². The van der Waals surface area contributed by atoms with Gasteiger partial charge in [0, 0.05) is 10.8 Å². The Bertz CT molecular complexity index is 949. The Morgan fingerprint density at radius 3 is 2.08 bits per heavy atom. The highest BCUT2D eigenvalue weighted by Crippen LogP contribution is 2.78. The molecule has 5 heteroatoms. The molecule has 0 saturated heterocycles. The van der Waals surface area contributed by atoms with Gasteiger partial charge in [0.1, 0.15) is 24.1 Å². The van der Waals surface area contributed by atoms with Crippen LogP contribution in [-0.4, -0.2) is 50.4 Å². The maximum atomic E-state index is 12.2. The minimum Gasteiger partial charge on any atom is -0.489 e. The topological polar surface area (TPSA) is 90.2 Å². The fraction of sp³-hybridized carbons (Fsp3) is 0.935. The standard InChI is InChI=1S/C31H52O5/c1-17-16-18(24(33)27(4,5)35)36-23-22(17)30(8)15-14-29(7)20(31(30,9)25(23)34)11-10-19-26(2,3)21(32)12-13-28(19,29)6/h17-21,24-25,32-35H,10-16H2,1-9H3/t17-,18-,19+,20-,21+,24-,25+,28+,29-,30-,31-/m1/s1. The summed E-state index contributed by atoms with van der Waals surface area (Å²) in [5.41, 5.74) is -0.469. The van der Waals surface area contributed by atoms with Gasteiger partial charge in [0.2, 0.25) is 0 Å². The van der Waals surface area contributed by atoms with Crippen LogP contribution >= 0.6 is 0 Å². The average molecular weight is 505 g/mol. The zero-order valence-corrected chi connectivity index (χ0v) is 24.2. The molecule has 3 saturated carbocycles. The lowest BCUT2D eigenvalue weighted by Gasteiger charge is -2.72. The normalized spacial score (nSPS) is 53.0. The molecule has 5 rings (SSSR count). The molecule has 4 aliphatic carbocycles. The van der Waals surface area contributed by atoms with Gasteiger partial charge in [-0.25, -0.2) is 0 Å². The van der Waals surface area contributed by atoms with E-state index in [4.69, 9.17) is 4.74 Å². The average Bonchev–Trinajstić information content (AvgIpc) is 2.95. The zero-order valence-electron chi connectivity index (χ0n) is 24.2. The van der Waals surface area contributed by atoms with Crippen molar-refractivity contribution >= 4 is 0 Å². The summed E-state index contributed by atoms with van der Waals surface area (Å²) in [5.74, 6) is 1.66. The summed E-state index contributed by atoms with van der Waals surface area (Å²) in [6, 6.07) is 0. The minimum atomic E-state index is -1.27. The van der Waals surface area contributed by atoms with Gasteiger partial charge in [-0.15, -0.1) is 0 Å². The van der Waals surface area contributed by atoms with Crippen LogP contribution in [0.25, 0.3) is 0 Å². The number of aliphatic hydroxyl groups is 4. The highest BCUT2D eigenvalue weighted by Gasteiger charge is 2.74. The quantitative estimate of drug-likeness (QED) is 0.415. The Balaban J connectivity index is 1.55. The van der Waals surface area contributed by atoms with Crippen molar-refractivity contribution in [3.8, 4) is 0 Å². The lowest BCUT2D eigenvalue weighted by Crippen LogP contribution is -2.67. The number of fused-ring (bicyclic) bond motifs is 6. The van der Waals surface area contributed by atoms with E-state index in [1.54, 1.807) is 13.8 Å². The zero-order chi connectivity index (χ0) is 26.9. The molecule has 0 aromatic carbocycles. The molecule has 1 aliphatic heterocycles. The molecule has 36 heavy (non-hydrogen) atoms. The van der Waals surface area contributed by atoms with E-state index in [2.05, 4.69) is 48.5 Å². The first-order chi connectivity index (χ1) is 16.4. The van der Waals surface area contributed by atoms with Crippen LogP contribution in [0.15, 0.2) is 11.3 Å². The summed E-state index contributed by atoms with van der Waals surface area (Å²) in [6.45, 7) is 19.7. The molecule has 5 nitrogen and oxygen atoms in total. The van der Waals surface area contributed by atoms with E-state index < -0.39 is 23.9 Å². The Hall–Kier alpha value is -0.620. The van der Waals surface area contributed by atoms with Gasteiger partial charge in [-0.2, -0.15) is 0 Å². The van der Waals surface area contributed by atoms with E-state index in [-0.39, 0.29) is 39.1 Å². The molecule has 1 heterocycles. The lowest BCUT2D eigenvalue weighted by molar-refractivity contribution is -0.251. The van der Waals surface area contributed by atoms with Crippen molar-refractivity contribution in [1.29, 1.82) is 0 Å². The second kappa shape index (κ2) is 7.73. The molecule has 5 aliphatic rings. The molecule has 0 radical (unpaired) electrons. The van der Waals surface area contributed by atoms with Crippen molar-refractivity contribution in [1.82, 2.24) is 0 Å². The van der Waals surface area contributed by atoms with E-state index in [9.17, 15) is 20.4 Å². The Morgan fingerprint density at radius 1 is 0.889 bits per heavy atom. The summed E-state index contributed by atoms with van der Waals surface area (Å²) in [4.78, 5) is 0. The van der Waals surface area contributed by atoms with Crippen molar-refractivity contribution in [2.24, 2.45) is 44.8 Å². The van der Waals surface area contributed by atoms with Crippen LogP contribution in [0.2, 0.25) is 0 Å². The molecule has 0 spiro atoms. The SMILES string of the molecule is C[C@@H]1C[C@H]([C@@H](O)C(C)(C)O)OC2=C1[C@@]1(C)CC[C@]3(C)[C@@H](CC[C@H]4C(C)(C)[C@@H](O)CC[C@@]43C)[C@]1(C)[C@H]2O. The number of aliphatic hydroxyl groups excluding tert-OH is 3. The van der Waals surface area contributed by atoms with Crippen molar-refractivity contribution < 1.29 is 25.2 Å². The largest absolute Gasteiger partial charge is 0.489 e. The molecule has 0 unspecified atom stereocenters. The van der Waals surface area contributed by atoms with E-state index in [1.165, 1.54) is 5.57 Å². The van der Waals surface area contributed by atoms with E-state index in [1.807, 2.05) is 0 Å². The van der Waals surface area contributed by atoms with Gasteiger partial charge in [0.25, 0.3) is 0 Å². The molecule has 3 fully saturated rings. The smallest absolute Gasteiger partial charge is 0.128 e. The maximum absolute atomic E-state index is 12.2. The summed E-state index contributed by atoms with van der Waals surface area (Å²) in [6.07, 6.45) is 4.31. The lowest BCUT2D eigenvalue weighted by atomic mass is 9.32. The highest BCUT2D eigenvalue weighted by molar-refractivity contribution is 5.40. The third kappa shape index (κ3) is 3.04. The number of ether oxygens (including phenoxy) is 1. The second-order valence-corrected chi connectivity index (χ2v) is 15.6. The Labute approximate surface area is 218 Å². The number of hydrogen-bond donors (Lipinski definition) is 4. The predicted octanol–water partition coefficient (Wildman–Crippen LogP) is 5.20. The minimum absolute atomic E-state index is 0.0619. The van der Waals surface area contributed by atoms with Gasteiger partial charge in [-0.3, -0.25) is 0 Å². The summed E-state index contributed by atoms with van der Waals surface area (Å²) >= 11 is 0. The number of allylic oxidation sites excluding steroid dienone is 1. The molecular weight excluding hydrogens is 452 g/mol. The van der Waals surface area contributed by atoms with Crippen LogP contribution in [0.1, 0.15) is 107 Å². The molecular formula is C31H52O5. The van der Waals surface area contributed by atoms with Crippen LogP contribution in [0.4, 0.5) is 0 Å². The number of rotatable bonds is 2. The molecule has 0 aromatic heterocycles. The first-order valence-electron chi connectivity index (χ1n) is 14.5. The summed E-state index contributed by atoms with van der Waals surface area (Å²) in [5, 5.41) is 44.5. The van der Waals surface area contributed by atoms with E-state index >= 15 is 0 Å². The van der Waals surface area contributed by atoms with Crippen LogP contribution in [0, 0.1) is 44.8 Å². The van der Waals surface area contributed by atoms with Crippen LogP contribution < -0.4 is 0 Å². The van der Waals surface area contributed by atoms with Crippen LogP contribution in [0.5, 0.6) is 0 Å².